The molecule has 1 aromatic carbocycles. The average molecular weight is 267 g/mol. The molecule has 0 aliphatic carbocycles. The minimum absolute atomic E-state index is 0.206. The van der Waals surface area contributed by atoms with E-state index >= 15 is 0 Å². The fraction of sp³-hybridized carbons (Fsp3) is 0.312. The van der Waals surface area contributed by atoms with E-state index in [0.717, 1.165) is 18.5 Å². The SMILES string of the molecule is Cc1nn(CCCc2ccccc2)c(=O)c(C#N)c1C. The van der Waals surface area contributed by atoms with E-state index < -0.39 is 0 Å². The normalized spacial score (nSPS) is 10.2. The number of nitriles is 1. The Morgan fingerprint density at radius 3 is 2.60 bits per heavy atom. The highest BCUT2D eigenvalue weighted by molar-refractivity contribution is 5.36. The Morgan fingerprint density at radius 2 is 1.95 bits per heavy atom. The van der Waals surface area contributed by atoms with Crippen molar-refractivity contribution in [3.63, 3.8) is 0 Å². The minimum Gasteiger partial charge on any atom is -0.266 e. The molecular formula is C16H17N3O. The fourth-order valence-electron chi connectivity index (χ4n) is 2.13. The number of hydrogen-bond donors (Lipinski definition) is 0. The molecule has 20 heavy (non-hydrogen) atoms. The maximum absolute atomic E-state index is 12.1. The van der Waals surface area contributed by atoms with Crippen molar-refractivity contribution in [2.24, 2.45) is 0 Å². The van der Waals surface area contributed by atoms with Crippen LogP contribution in [0.5, 0.6) is 0 Å². The van der Waals surface area contributed by atoms with Crippen molar-refractivity contribution >= 4 is 0 Å². The number of aromatic nitrogens is 2. The summed E-state index contributed by atoms with van der Waals surface area (Å²) >= 11 is 0. The Hall–Kier alpha value is -2.41. The Morgan fingerprint density at radius 1 is 1.25 bits per heavy atom. The van der Waals surface area contributed by atoms with Gasteiger partial charge in [-0.05, 0) is 37.8 Å². The van der Waals surface area contributed by atoms with Crippen molar-refractivity contribution in [1.29, 1.82) is 5.26 Å². The Kier molecular flexibility index (Phi) is 4.31. The molecule has 2 aromatic rings. The van der Waals surface area contributed by atoms with E-state index in [-0.39, 0.29) is 11.1 Å². The summed E-state index contributed by atoms with van der Waals surface area (Å²) in [5.41, 5.74) is 2.57. The van der Waals surface area contributed by atoms with Gasteiger partial charge in [-0.15, -0.1) is 0 Å². The first-order chi connectivity index (χ1) is 9.63. The Labute approximate surface area is 118 Å². The molecule has 0 fully saturated rings. The van der Waals surface area contributed by atoms with Gasteiger partial charge in [0, 0.05) is 6.54 Å². The van der Waals surface area contributed by atoms with E-state index in [1.165, 1.54) is 10.2 Å². The highest BCUT2D eigenvalue weighted by Gasteiger charge is 2.10. The van der Waals surface area contributed by atoms with Gasteiger partial charge < -0.3 is 0 Å². The maximum atomic E-state index is 12.1. The predicted octanol–water partition coefficient (Wildman–Crippen LogP) is 2.36. The summed E-state index contributed by atoms with van der Waals surface area (Å²) in [6, 6.07) is 12.1. The number of hydrogen-bond acceptors (Lipinski definition) is 3. The van der Waals surface area contributed by atoms with E-state index in [1.807, 2.05) is 31.2 Å². The summed E-state index contributed by atoms with van der Waals surface area (Å²) in [6.45, 7) is 4.11. The first kappa shape index (κ1) is 14.0. The summed E-state index contributed by atoms with van der Waals surface area (Å²) in [6.07, 6.45) is 1.72. The zero-order valence-electron chi connectivity index (χ0n) is 11.8. The molecule has 4 nitrogen and oxygen atoms in total. The lowest BCUT2D eigenvalue weighted by atomic mass is 10.1. The van der Waals surface area contributed by atoms with Crippen LogP contribution in [-0.2, 0) is 13.0 Å². The second-order valence-electron chi connectivity index (χ2n) is 4.81. The number of benzene rings is 1. The molecule has 0 spiro atoms. The average Bonchev–Trinajstić information content (AvgIpc) is 2.46. The zero-order chi connectivity index (χ0) is 14.5. The quantitative estimate of drug-likeness (QED) is 0.854. The minimum atomic E-state index is -0.288. The molecule has 1 aromatic heterocycles. The molecular weight excluding hydrogens is 250 g/mol. The van der Waals surface area contributed by atoms with Crippen LogP contribution in [0.3, 0.4) is 0 Å². The van der Waals surface area contributed by atoms with Crippen LogP contribution in [0.1, 0.15) is 28.8 Å². The van der Waals surface area contributed by atoms with Crippen molar-refractivity contribution in [1.82, 2.24) is 9.78 Å². The molecule has 0 amide bonds. The monoisotopic (exact) mass is 267 g/mol. The van der Waals surface area contributed by atoms with Gasteiger partial charge in [0.1, 0.15) is 11.6 Å². The second kappa shape index (κ2) is 6.16. The molecule has 102 valence electrons. The summed E-state index contributed by atoms with van der Waals surface area (Å²) in [5.74, 6) is 0. The molecule has 0 saturated heterocycles. The molecule has 4 heteroatoms. The standard InChI is InChI=1S/C16H17N3O/c1-12-13(2)18-19(16(20)15(12)11-17)10-6-9-14-7-4-3-5-8-14/h3-5,7-8H,6,9-10H2,1-2H3. The molecule has 2 rings (SSSR count). The molecule has 0 aliphatic heterocycles. The predicted molar refractivity (Wildman–Crippen MR) is 77.4 cm³/mol. The highest BCUT2D eigenvalue weighted by Crippen LogP contribution is 2.06. The third-order valence-corrected chi connectivity index (χ3v) is 3.43. The molecule has 0 radical (unpaired) electrons. The van der Waals surface area contributed by atoms with E-state index in [4.69, 9.17) is 5.26 Å². The van der Waals surface area contributed by atoms with Crippen molar-refractivity contribution in [3.05, 3.63) is 63.1 Å². The van der Waals surface area contributed by atoms with E-state index in [2.05, 4.69) is 17.2 Å². The van der Waals surface area contributed by atoms with Crippen LogP contribution >= 0.6 is 0 Å². The van der Waals surface area contributed by atoms with Crippen molar-refractivity contribution in [2.45, 2.75) is 33.2 Å². The van der Waals surface area contributed by atoms with Gasteiger partial charge in [-0.2, -0.15) is 10.4 Å². The van der Waals surface area contributed by atoms with Crippen LogP contribution in [0.25, 0.3) is 0 Å². The third kappa shape index (κ3) is 2.94. The van der Waals surface area contributed by atoms with Gasteiger partial charge in [0.25, 0.3) is 5.56 Å². The van der Waals surface area contributed by atoms with Gasteiger partial charge in [0.15, 0.2) is 0 Å². The highest BCUT2D eigenvalue weighted by atomic mass is 16.1. The number of nitrogens with zero attached hydrogens (tertiary/aromatic N) is 3. The topological polar surface area (TPSA) is 58.7 Å². The van der Waals surface area contributed by atoms with E-state index in [1.54, 1.807) is 6.92 Å². The van der Waals surface area contributed by atoms with Crippen molar-refractivity contribution < 1.29 is 0 Å². The Balaban J connectivity index is 2.13. The molecule has 0 saturated carbocycles. The van der Waals surface area contributed by atoms with Crippen molar-refractivity contribution in [2.75, 3.05) is 0 Å². The number of aryl methyl sites for hydroxylation is 3. The van der Waals surface area contributed by atoms with Gasteiger partial charge >= 0.3 is 0 Å². The van der Waals surface area contributed by atoms with Crippen LogP contribution in [0.2, 0.25) is 0 Å². The van der Waals surface area contributed by atoms with Gasteiger partial charge in [-0.1, -0.05) is 30.3 Å². The number of rotatable bonds is 4. The molecule has 1 heterocycles. The van der Waals surface area contributed by atoms with Gasteiger partial charge in [0.2, 0.25) is 0 Å². The maximum Gasteiger partial charge on any atom is 0.284 e. The summed E-state index contributed by atoms with van der Waals surface area (Å²) < 4.78 is 1.41. The van der Waals surface area contributed by atoms with Crippen molar-refractivity contribution in [3.8, 4) is 6.07 Å². The summed E-state index contributed by atoms with van der Waals surface area (Å²) in [5, 5.41) is 13.3. The van der Waals surface area contributed by atoms with E-state index in [0.29, 0.717) is 12.1 Å². The lowest BCUT2D eigenvalue weighted by Gasteiger charge is -2.08. The smallest absolute Gasteiger partial charge is 0.266 e. The molecule has 0 N–H and O–H groups in total. The largest absolute Gasteiger partial charge is 0.284 e. The van der Waals surface area contributed by atoms with E-state index in [9.17, 15) is 4.79 Å². The molecule has 0 unspecified atom stereocenters. The first-order valence-electron chi connectivity index (χ1n) is 6.66. The summed E-state index contributed by atoms with van der Waals surface area (Å²) in [4.78, 5) is 12.1. The first-order valence-corrected chi connectivity index (χ1v) is 6.66. The van der Waals surface area contributed by atoms with Crippen LogP contribution in [-0.4, -0.2) is 9.78 Å². The molecule has 0 bridgehead atoms. The Bertz CT molecular complexity index is 696. The van der Waals surface area contributed by atoms with Crippen LogP contribution < -0.4 is 5.56 Å². The van der Waals surface area contributed by atoms with Gasteiger partial charge in [-0.3, -0.25) is 4.79 Å². The second-order valence-corrected chi connectivity index (χ2v) is 4.81. The fourth-order valence-corrected chi connectivity index (χ4v) is 2.13. The third-order valence-electron chi connectivity index (χ3n) is 3.43. The van der Waals surface area contributed by atoms with Crippen LogP contribution in [0, 0.1) is 25.2 Å². The summed E-state index contributed by atoms with van der Waals surface area (Å²) in [7, 11) is 0. The van der Waals surface area contributed by atoms with Crippen LogP contribution in [0.15, 0.2) is 35.1 Å². The van der Waals surface area contributed by atoms with Crippen LogP contribution in [0.4, 0.5) is 0 Å². The van der Waals surface area contributed by atoms with Gasteiger partial charge in [0.05, 0.1) is 5.69 Å². The lowest BCUT2D eigenvalue weighted by Crippen LogP contribution is -2.27. The molecule has 0 aliphatic rings. The molecule has 0 atom stereocenters. The van der Waals surface area contributed by atoms with Gasteiger partial charge in [-0.25, -0.2) is 4.68 Å². The lowest BCUT2D eigenvalue weighted by molar-refractivity contribution is 0.539. The zero-order valence-corrected chi connectivity index (χ0v) is 11.8.